The second-order valence-electron chi connectivity index (χ2n) is 8.79. The zero-order valence-electron chi connectivity index (χ0n) is 18.8. The van der Waals surface area contributed by atoms with Gasteiger partial charge in [-0.25, -0.2) is 0 Å². The van der Waals surface area contributed by atoms with E-state index in [2.05, 4.69) is 62.3 Å². The van der Waals surface area contributed by atoms with Crippen LogP contribution in [0.1, 0.15) is 64.7 Å². The Morgan fingerprint density at radius 1 is 1.24 bits per heavy atom. The fourth-order valence-electron chi connectivity index (χ4n) is 4.58. The molecule has 0 aromatic carbocycles. The predicted molar refractivity (Wildman–Crippen MR) is 122 cm³/mol. The summed E-state index contributed by atoms with van der Waals surface area (Å²) in [6.45, 7) is 10.00. The molecule has 8 heteroatoms. The molecule has 29 heavy (non-hydrogen) atoms. The lowest BCUT2D eigenvalue weighted by molar-refractivity contribution is 0.265. The number of aromatic nitrogens is 3. The summed E-state index contributed by atoms with van der Waals surface area (Å²) >= 11 is 1.71. The summed E-state index contributed by atoms with van der Waals surface area (Å²) in [7, 11) is 1.86. The van der Waals surface area contributed by atoms with Crippen molar-refractivity contribution in [1.29, 1.82) is 0 Å². The van der Waals surface area contributed by atoms with Crippen LogP contribution >= 0.6 is 11.8 Å². The maximum absolute atomic E-state index is 4.50. The normalized spacial score (nSPS) is 24.0. The van der Waals surface area contributed by atoms with Gasteiger partial charge in [0.2, 0.25) is 0 Å². The number of likely N-dealkylation sites (tertiary alicyclic amines) is 1. The quantitative estimate of drug-likeness (QED) is 0.291. The van der Waals surface area contributed by atoms with Gasteiger partial charge in [0.1, 0.15) is 5.82 Å². The molecule has 1 aromatic rings. The Hall–Kier alpha value is -1.28. The molecular formula is C21H39N7S. The summed E-state index contributed by atoms with van der Waals surface area (Å²) < 4.78 is 2.41. The maximum Gasteiger partial charge on any atom is 0.191 e. The molecule has 0 spiro atoms. The summed E-state index contributed by atoms with van der Waals surface area (Å²) in [4.78, 5) is 6.97. The van der Waals surface area contributed by atoms with Crippen LogP contribution in [0.2, 0.25) is 0 Å². The van der Waals surface area contributed by atoms with Gasteiger partial charge in [0.25, 0.3) is 0 Å². The first-order valence-corrected chi connectivity index (χ1v) is 12.4. The molecule has 0 bridgehead atoms. The number of nitrogens with zero attached hydrogens (tertiary/aromatic N) is 5. The van der Waals surface area contributed by atoms with Crippen LogP contribution in [0.5, 0.6) is 0 Å². The van der Waals surface area contributed by atoms with Crippen molar-refractivity contribution in [2.75, 3.05) is 32.9 Å². The van der Waals surface area contributed by atoms with Crippen LogP contribution in [0.4, 0.5) is 0 Å². The molecule has 1 aliphatic heterocycles. The summed E-state index contributed by atoms with van der Waals surface area (Å²) in [6.07, 6.45) is 9.26. The Kier molecular flexibility index (Phi) is 8.24. The number of hydrogen-bond acceptors (Lipinski definition) is 5. The third kappa shape index (κ3) is 5.66. The van der Waals surface area contributed by atoms with E-state index in [1.807, 2.05) is 7.05 Å². The minimum absolute atomic E-state index is 0.457. The Balaban J connectivity index is 1.47. The summed E-state index contributed by atoms with van der Waals surface area (Å²) in [6, 6.07) is 1.65. The molecular weight excluding hydrogens is 382 g/mol. The van der Waals surface area contributed by atoms with Gasteiger partial charge in [0.15, 0.2) is 11.1 Å². The molecule has 1 aromatic heterocycles. The third-order valence-electron chi connectivity index (χ3n) is 6.39. The van der Waals surface area contributed by atoms with Crippen molar-refractivity contribution in [3.05, 3.63) is 5.82 Å². The molecule has 2 unspecified atom stereocenters. The van der Waals surface area contributed by atoms with Gasteiger partial charge in [0.05, 0.1) is 0 Å². The van der Waals surface area contributed by atoms with Gasteiger partial charge in [-0.05, 0) is 45.3 Å². The van der Waals surface area contributed by atoms with E-state index in [1.54, 1.807) is 11.8 Å². The fourth-order valence-corrected chi connectivity index (χ4v) is 5.16. The first-order valence-electron chi connectivity index (χ1n) is 11.2. The van der Waals surface area contributed by atoms with E-state index in [0.29, 0.717) is 24.0 Å². The Bertz CT molecular complexity index is 666. The molecule has 7 nitrogen and oxygen atoms in total. The monoisotopic (exact) mass is 421 g/mol. The smallest absolute Gasteiger partial charge is 0.191 e. The van der Waals surface area contributed by atoms with E-state index >= 15 is 0 Å². The maximum atomic E-state index is 4.50. The van der Waals surface area contributed by atoms with Crippen molar-refractivity contribution in [2.24, 2.45) is 10.9 Å². The number of nitrogens with one attached hydrogen (secondary N) is 2. The second-order valence-corrected chi connectivity index (χ2v) is 9.56. The highest BCUT2D eigenvalue weighted by Gasteiger charge is 2.31. The molecule has 2 heterocycles. The van der Waals surface area contributed by atoms with Crippen LogP contribution < -0.4 is 10.6 Å². The van der Waals surface area contributed by atoms with Crippen molar-refractivity contribution in [2.45, 2.75) is 82.6 Å². The van der Waals surface area contributed by atoms with Gasteiger partial charge in [0, 0.05) is 51.2 Å². The first kappa shape index (κ1) is 22.4. The van der Waals surface area contributed by atoms with E-state index < -0.39 is 0 Å². The van der Waals surface area contributed by atoms with Gasteiger partial charge >= 0.3 is 0 Å². The van der Waals surface area contributed by atoms with Gasteiger partial charge in [-0.3, -0.25) is 9.89 Å². The van der Waals surface area contributed by atoms with E-state index in [9.17, 15) is 0 Å². The van der Waals surface area contributed by atoms with Crippen LogP contribution in [0.25, 0.3) is 0 Å². The molecule has 164 valence electrons. The average Bonchev–Trinajstić information content (AvgIpc) is 3.44. The highest BCUT2D eigenvalue weighted by molar-refractivity contribution is 7.98. The molecule has 2 fully saturated rings. The topological polar surface area (TPSA) is 70.4 Å². The van der Waals surface area contributed by atoms with Gasteiger partial charge < -0.3 is 15.2 Å². The van der Waals surface area contributed by atoms with Crippen molar-refractivity contribution >= 4 is 17.7 Å². The van der Waals surface area contributed by atoms with Crippen LogP contribution in [0.15, 0.2) is 10.1 Å². The fraction of sp³-hybridized carbons (Fsp3) is 0.857. The van der Waals surface area contributed by atoms with Crippen molar-refractivity contribution < 1.29 is 0 Å². The van der Waals surface area contributed by atoms with Gasteiger partial charge in [-0.15, -0.1) is 10.2 Å². The highest BCUT2D eigenvalue weighted by Crippen LogP contribution is 2.33. The van der Waals surface area contributed by atoms with Crippen molar-refractivity contribution in [3.8, 4) is 0 Å². The molecule has 1 saturated heterocycles. The van der Waals surface area contributed by atoms with Gasteiger partial charge in [-0.2, -0.15) is 0 Å². The van der Waals surface area contributed by atoms with Crippen molar-refractivity contribution in [1.82, 2.24) is 30.3 Å². The average molecular weight is 422 g/mol. The standard InChI is InChI=1S/C21H39N7S/c1-15(2)27-13-16(3)18(14-27)24-20(22-4)23-12-8-11-19-25-26-21(29-5)28(19)17-9-6-7-10-17/h15-18H,6-14H2,1-5H3,(H2,22,23,24). The highest BCUT2D eigenvalue weighted by atomic mass is 32.2. The molecule has 3 rings (SSSR count). The molecule has 2 N–H and O–H groups in total. The summed E-state index contributed by atoms with van der Waals surface area (Å²) in [5, 5.41) is 17.1. The Morgan fingerprint density at radius 3 is 2.62 bits per heavy atom. The van der Waals surface area contributed by atoms with E-state index in [-0.39, 0.29) is 0 Å². The lowest BCUT2D eigenvalue weighted by atomic mass is 10.1. The van der Waals surface area contributed by atoms with E-state index in [4.69, 9.17) is 0 Å². The second kappa shape index (κ2) is 10.7. The summed E-state index contributed by atoms with van der Waals surface area (Å²) in [5.74, 6) is 2.68. The summed E-state index contributed by atoms with van der Waals surface area (Å²) in [5.41, 5.74) is 0. The van der Waals surface area contributed by atoms with Crippen LogP contribution in [-0.4, -0.2) is 70.6 Å². The number of guanidine groups is 1. The molecule has 1 saturated carbocycles. The van der Waals surface area contributed by atoms with Gasteiger partial charge in [-0.1, -0.05) is 31.5 Å². The van der Waals surface area contributed by atoms with E-state index in [0.717, 1.165) is 49.4 Å². The molecule has 0 radical (unpaired) electrons. The largest absolute Gasteiger partial charge is 0.356 e. The number of aryl methyl sites for hydroxylation is 1. The zero-order chi connectivity index (χ0) is 20.8. The third-order valence-corrected chi connectivity index (χ3v) is 7.04. The van der Waals surface area contributed by atoms with E-state index in [1.165, 1.54) is 25.7 Å². The minimum Gasteiger partial charge on any atom is -0.356 e. The number of rotatable bonds is 8. The Morgan fingerprint density at radius 2 is 2.00 bits per heavy atom. The zero-order valence-corrected chi connectivity index (χ0v) is 19.6. The van der Waals surface area contributed by atoms with Crippen molar-refractivity contribution in [3.63, 3.8) is 0 Å². The lowest BCUT2D eigenvalue weighted by Gasteiger charge is -2.22. The molecule has 2 aliphatic rings. The van der Waals surface area contributed by atoms with Crippen LogP contribution in [-0.2, 0) is 6.42 Å². The predicted octanol–water partition coefficient (Wildman–Crippen LogP) is 2.94. The van der Waals surface area contributed by atoms with Crippen LogP contribution in [0, 0.1) is 5.92 Å². The van der Waals surface area contributed by atoms with Crippen LogP contribution in [0.3, 0.4) is 0 Å². The minimum atomic E-state index is 0.457. The molecule has 0 amide bonds. The number of hydrogen-bond donors (Lipinski definition) is 2. The lowest BCUT2D eigenvalue weighted by Crippen LogP contribution is -2.47. The molecule has 2 atom stereocenters. The number of aliphatic imine (C=N–C) groups is 1. The number of thioether (sulfide) groups is 1. The Labute approximate surface area is 180 Å². The first-order chi connectivity index (χ1) is 14.0. The molecule has 1 aliphatic carbocycles. The SMILES string of the molecule is CN=C(NCCCc1nnc(SC)n1C1CCCC1)NC1CN(C(C)C)CC1C.